The Kier molecular flexibility index (Phi) is 7.16. The van der Waals surface area contributed by atoms with E-state index >= 15 is 0 Å². The minimum absolute atomic E-state index is 0.0185. The molecule has 152 valence electrons. The molecule has 1 amide bonds. The number of rotatable bonds is 7. The number of nitrogens with zero attached hydrogens (tertiary/aromatic N) is 2. The molecule has 1 aliphatic carbocycles. The highest BCUT2D eigenvalue weighted by molar-refractivity contribution is 7.99. The molecule has 1 saturated carbocycles. The van der Waals surface area contributed by atoms with Crippen LogP contribution in [0.4, 0.5) is 0 Å². The maximum absolute atomic E-state index is 13.0. The van der Waals surface area contributed by atoms with Crippen LogP contribution in [0.5, 0.6) is 0 Å². The SMILES string of the molecule is CC(C)CCn1c(SCC(=O)N[C@@H]2CCCC[C@@H]2C)nc2ccccc2c1=O. The Labute approximate surface area is 171 Å². The van der Waals surface area contributed by atoms with Gasteiger partial charge < -0.3 is 5.32 Å². The van der Waals surface area contributed by atoms with Crippen LogP contribution in [-0.4, -0.2) is 27.3 Å². The van der Waals surface area contributed by atoms with Crippen LogP contribution in [0.1, 0.15) is 52.9 Å². The van der Waals surface area contributed by atoms with Gasteiger partial charge >= 0.3 is 0 Å². The van der Waals surface area contributed by atoms with Crippen molar-refractivity contribution in [3.05, 3.63) is 34.6 Å². The summed E-state index contributed by atoms with van der Waals surface area (Å²) in [7, 11) is 0. The van der Waals surface area contributed by atoms with Crippen molar-refractivity contribution in [3.63, 3.8) is 0 Å². The van der Waals surface area contributed by atoms with Crippen molar-refractivity contribution in [1.82, 2.24) is 14.9 Å². The number of amides is 1. The Morgan fingerprint density at radius 2 is 2.04 bits per heavy atom. The average molecular weight is 402 g/mol. The van der Waals surface area contributed by atoms with Crippen LogP contribution in [0, 0.1) is 11.8 Å². The van der Waals surface area contributed by atoms with Gasteiger partial charge in [-0.25, -0.2) is 4.98 Å². The van der Waals surface area contributed by atoms with Crippen LogP contribution in [0.2, 0.25) is 0 Å². The van der Waals surface area contributed by atoms with E-state index in [0.717, 1.165) is 12.8 Å². The van der Waals surface area contributed by atoms with Crippen LogP contribution in [0.3, 0.4) is 0 Å². The average Bonchev–Trinajstić information content (AvgIpc) is 2.67. The van der Waals surface area contributed by atoms with Crippen LogP contribution < -0.4 is 10.9 Å². The molecule has 1 fully saturated rings. The summed E-state index contributed by atoms with van der Waals surface area (Å²) < 4.78 is 1.74. The molecule has 0 saturated heterocycles. The van der Waals surface area contributed by atoms with Gasteiger partial charge in [-0.15, -0.1) is 0 Å². The third-order valence-corrected chi connectivity index (χ3v) is 6.52. The number of carbonyl (C=O) groups excluding carboxylic acids is 1. The molecule has 1 aromatic heterocycles. The maximum Gasteiger partial charge on any atom is 0.262 e. The van der Waals surface area contributed by atoms with E-state index in [1.807, 2.05) is 24.3 Å². The molecule has 0 aliphatic heterocycles. The number of hydrogen-bond donors (Lipinski definition) is 1. The fourth-order valence-corrected chi connectivity index (χ4v) is 4.59. The zero-order valence-corrected chi connectivity index (χ0v) is 17.9. The molecular formula is C22H31N3O2S. The number of carbonyl (C=O) groups is 1. The topological polar surface area (TPSA) is 64.0 Å². The second-order valence-electron chi connectivity index (χ2n) is 8.28. The second kappa shape index (κ2) is 9.59. The minimum Gasteiger partial charge on any atom is -0.352 e. The molecule has 1 N–H and O–H groups in total. The Hall–Kier alpha value is -1.82. The van der Waals surface area contributed by atoms with Crippen LogP contribution >= 0.6 is 11.8 Å². The van der Waals surface area contributed by atoms with Crippen molar-refractivity contribution in [2.75, 3.05) is 5.75 Å². The molecule has 0 radical (unpaired) electrons. The number of nitrogens with one attached hydrogen (secondary N) is 1. The first-order valence-corrected chi connectivity index (χ1v) is 11.4. The van der Waals surface area contributed by atoms with Crippen molar-refractivity contribution in [2.24, 2.45) is 11.8 Å². The van der Waals surface area contributed by atoms with Crippen molar-refractivity contribution in [2.45, 2.75) is 70.6 Å². The fraction of sp³-hybridized carbons (Fsp3) is 0.591. The van der Waals surface area contributed by atoms with Gasteiger partial charge in [0.2, 0.25) is 5.91 Å². The summed E-state index contributed by atoms with van der Waals surface area (Å²) in [5, 5.41) is 4.46. The van der Waals surface area contributed by atoms with E-state index in [1.165, 1.54) is 31.0 Å². The normalized spacial score (nSPS) is 19.9. The zero-order valence-electron chi connectivity index (χ0n) is 17.1. The molecule has 6 heteroatoms. The number of thioether (sulfide) groups is 1. The first-order valence-electron chi connectivity index (χ1n) is 10.4. The molecular weight excluding hydrogens is 370 g/mol. The lowest BCUT2D eigenvalue weighted by atomic mass is 9.86. The van der Waals surface area contributed by atoms with Gasteiger partial charge in [0.25, 0.3) is 5.56 Å². The van der Waals surface area contributed by atoms with Crippen molar-refractivity contribution in [1.29, 1.82) is 0 Å². The highest BCUT2D eigenvalue weighted by atomic mass is 32.2. The van der Waals surface area contributed by atoms with Gasteiger partial charge in [0.1, 0.15) is 0 Å². The summed E-state index contributed by atoms with van der Waals surface area (Å²) in [4.78, 5) is 30.2. The third kappa shape index (κ3) is 5.16. The van der Waals surface area contributed by atoms with Gasteiger partial charge in [-0.2, -0.15) is 0 Å². The molecule has 1 heterocycles. The summed E-state index contributed by atoms with van der Waals surface area (Å²) in [5.41, 5.74) is 0.673. The van der Waals surface area contributed by atoms with E-state index in [-0.39, 0.29) is 23.3 Å². The fourth-order valence-electron chi connectivity index (χ4n) is 3.75. The van der Waals surface area contributed by atoms with Gasteiger partial charge in [-0.1, -0.05) is 57.5 Å². The first kappa shape index (κ1) is 20.9. The Morgan fingerprint density at radius 3 is 2.79 bits per heavy atom. The second-order valence-corrected chi connectivity index (χ2v) is 9.22. The predicted octanol–water partition coefficient (Wildman–Crippen LogP) is 4.23. The molecule has 0 bridgehead atoms. The summed E-state index contributed by atoms with van der Waals surface area (Å²) in [6, 6.07) is 7.71. The number of hydrogen-bond acceptors (Lipinski definition) is 4. The molecule has 1 aliphatic rings. The molecule has 5 nitrogen and oxygen atoms in total. The zero-order chi connectivity index (χ0) is 20.1. The molecule has 0 unspecified atom stereocenters. The lowest BCUT2D eigenvalue weighted by Crippen LogP contribution is -2.42. The number of benzene rings is 1. The van der Waals surface area contributed by atoms with Gasteiger partial charge in [-0.3, -0.25) is 14.2 Å². The maximum atomic E-state index is 13.0. The highest BCUT2D eigenvalue weighted by Gasteiger charge is 2.23. The number of aromatic nitrogens is 2. The largest absolute Gasteiger partial charge is 0.352 e. The van der Waals surface area contributed by atoms with E-state index in [2.05, 4.69) is 26.1 Å². The molecule has 2 atom stereocenters. The van der Waals surface area contributed by atoms with Crippen LogP contribution in [0.15, 0.2) is 34.2 Å². The lowest BCUT2D eigenvalue weighted by Gasteiger charge is -2.29. The smallest absolute Gasteiger partial charge is 0.262 e. The van der Waals surface area contributed by atoms with Crippen LogP contribution in [-0.2, 0) is 11.3 Å². The van der Waals surface area contributed by atoms with Gasteiger partial charge in [0.15, 0.2) is 5.16 Å². The van der Waals surface area contributed by atoms with E-state index < -0.39 is 0 Å². The van der Waals surface area contributed by atoms with E-state index in [9.17, 15) is 9.59 Å². The van der Waals surface area contributed by atoms with Gasteiger partial charge in [0.05, 0.1) is 16.7 Å². The highest BCUT2D eigenvalue weighted by Crippen LogP contribution is 2.24. The van der Waals surface area contributed by atoms with Crippen LogP contribution in [0.25, 0.3) is 10.9 Å². The van der Waals surface area contributed by atoms with E-state index in [0.29, 0.717) is 34.4 Å². The van der Waals surface area contributed by atoms with Crippen molar-refractivity contribution >= 4 is 28.6 Å². The number of para-hydroxylation sites is 1. The van der Waals surface area contributed by atoms with Gasteiger partial charge in [0, 0.05) is 12.6 Å². The molecule has 1 aromatic carbocycles. The molecule has 0 spiro atoms. The Balaban J connectivity index is 1.76. The van der Waals surface area contributed by atoms with E-state index in [4.69, 9.17) is 4.98 Å². The Bertz CT molecular complexity index is 878. The number of fused-ring (bicyclic) bond motifs is 1. The third-order valence-electron chi connectivity index (χ3n) is 5.55. The summed E-state index contributed by atoms with van der Waals surface area (Å²) in [5.74, 6) is 1.34. The minimum atomic E-state index is -0.0185. The molecule has 28 heavy (non-hydrogen) atoms. The van der Waals surface area contributed by atoms with Crippen molar-refractivity contribution in [3.8, 4) is 0 Å². The summed E-state index contributed by atoms with van der Waals surface area (Å²) in [6.07, 6.45) is 5.58. The first-order chi connectivity index (χ1) is 13.5. The monoisotopic (exact) mass is 401 g/mol. The summed E-state index contributed by atoms with van der Waals surface area (Å²) in [6.45, 7) is 7.12. The lowest BCUT2D eigenvalue weighted by molar-refractivity contribution is -0.119. The quantitative estimate of drug-likeness (QED) is 0.557. The summed E-state index contributed by atoms with van der Waals surface area (Å²) >= 11 is 1.37. The standard InChI is InChI=1S/C22H31N3O2S/c1-15(2)12-13-25-21(27)17-9-5-7-11-19(17)24-22(25)28-14-20(26)23-18-10-6-4-8-16(18)3/h5,7,9,11,15-16,18H,4,6,8,10,12-14H2,1-3H3,(H,23,26)/t16-,18+/m0/s1. The predicted molar refractivity (Wildman–Crippen MR) is 116 cm³/mol. The molecule has 2 aromatic rings. The van der Waals surface area contributed by atoms with Crippen molar-refractivity contribution < 1.29 is 4.79 Å². The van der Waals surface area contributed by atoms with E-state index in [1.54, 1.807) is 4.57 Å². The van der Waals surface area contributed by atoms with Gasteiger partial charge in [-0.05, 0) is 43.2 Å². The Morgan fingerprint density at radius 1 is 1.29 bits per heavy atom. The molecule has 3 rings (SSSR count).